The summed E-state index contributed by atoms with van der Waals surface area (Å²) in [6.45, 7) is 0. The number of halogens is 5. The third kappa shape index (κ3) is 3.36. The van der Waals surface area contributed by atoms with Crippen LogP contribution in [0.4, 0.5) is 17.6 Å². The molecule has 0 aliphatic heterocycles. The zero-order chi connectivity index (χ0) is 15.6. The molecule has 0 spiro atoms. The van der Waals surface area contributed by atoms with Crippen molar-refractivity contribution in [2.75, 3.05) is 7.05 Å². The second kappa shape index (κ2) is 6.45. The molecule has 0 aliphatic rings. The maximum absolute atomic E-state index is 13.8. The van der Waals surface area contributed by atoms with E-state index in [1.165, 1.54) is 18.2 Å². The van der Waals surface area contributed by atoms with Crippen molar-refractivity contribution in [3.63, 3.8) is 0 Å². The molecule has 6 heteroatoms. The first-order valence-electron chi connectivity index (χ1n) is 6.18. The molecule has 0 radical (unpaired) electrons. The highest BCUT2D eigenvalue weighted by Crippen LogP contribution is 2.25. The number of benzene rings is 2. The molecule has 2 aromatic carbocycles. The van der Waals surface area contributed by atoms with Crippen LogP contribution in [-0.2, 0) is 6.42 Å². The van der Waals surface area contributed by atoms with Crippen LogP contribution in [0.1, 0.15) is 17.2 Å². The van der Waals surface area contributed by atoms with Crippen molar-refractivity contribution in [3.8, 4) is 0 Å². The van der Waals surface area contributed by atoms with Crippen molar-refractivity contribution in [3.05, 3.63) is 69.8 Å². The summed E-state index contributed by atoms with van der Waals surface area (Å²) in [4.78, 5) is 0. The Hall–Kier alpha value is -1.59. The molecular weight excluding hydrogens is 306 g/mol. The Labute approximate surface area is 124 Å². The summed E-state index contributed by atoms with van der Waals surface area (Å²) in [6.07, 6.45) is 0.201. The molecule has 0 aromatic heterocycles. The number of nitrogens with one attached hydrogen (secondary N) is 1. The van der Waals surface area contributed by atoms with E-state index in [0.29, 0.717) is 5.56 Å². The Bertz CT molecular complexity index is 660. The second-order valence-corrected chi connectivity index (χ2v) is 4.97. The van der Waals surface area contributed by atoms with Crippen molar-refractivity contribution in [2.45, 2.75) is 12.5 Å². The molecule has 0 saturated carbocycles. The topological polar surface area (TPSA) is 12.0 Å². The van der Waals surface area contributed by atoms with Gasteiger partial charge in [-0.15, -0.1) is 0 Å². The molecule has 1 unspecified atom stereocenters. The van der Waals surface area contributed by atoms with E-state index in [9.17, 15) is 17.6 Å². The van der Waals surface area contributed by atoms with Crippen molar-refractivity contribution in [2.24, 2.45) is 0 Å². The van der Waals surface area contributed by atoms with Crippen molar-refractivity contribution >= 4 is 11.6 Å². The molecule has 2 rings (SSSR count). The summed E-state index contributed by atoms with van der Waals surface area (Å²) >= 11 is 5.59. The third-order valence-electron chi connectivity index (χ3n) is 3.21. The molecule has 1 N–H and O–H groups in total. The molecule has 112 valence electrons. The number of hydrogen-bond acceptors (Lipinski definition) is 1. The Morgan fingerprint density at radius 2 is 1.71 bits per heavy atom. The minimum Gasteiger partial charge on any atom is -0.313 e. The lowest BCUT2D eigenvalue weighted by atomic mass is 9.98. The Balaban J connectivity index is 2.32. The monoisotopic (exact) mass is 317 g/mol. The average molecular weight is 318 g/mol. The molecular formula is C15H12ClF4N. The molecule has 1 nitrogen and oxygen atoms in total. The van der Waals surface area contributed by atoms with E-state index in [1.807, 2.05) is 0 Å². The van der Waals surface area contributed by atoms with Gasteiger partial charge in [0.1, 0.15) is 5.82 Å². The fourth-order valence-electron chi connectivity index (χ4n) is 2.08. The Morgan fingerprint density at radius 3 is 2.33 bits per heavy atom. The zero-order valence-corrected chi connectivity index (χ0v) is 11.8. The summed E-state index contributed by atoms with van der Waals surface area (Å²) in [7, 11) is 1.55. The van der Waals surface area contributed by atoms with Crippen LogP contribution >= 0.6 is 11.6 Å². The predicted octanol–water partition coefficient (Wildman–Crippen LogP) is 4.40. The van der Waals surface area contributed by atoms with Crippen LogP contribution in [-0.4, -0.2) is 7.05 Å². The summed E-state index contributed by atoms with van der Waals surface area (Å²) < 4.78 is 53.4. The predicted molar refractivity (Wildman–Crippen MR) is 73.2 cm³/mol. The summed E-state index contributed by atoms with van der Waals surface area (Å²) in [5.74, 6) is -4.60. The molecule has 21 heavy (non-hydrogen) atoms. The fourth-order valence-corrected chi connectivity index (χ4v) is 2.20. The second-order valence-electron chi connectivity index (χ2n) is 4.56. The van der Waals surface area contributed by atoms with Gasteiger partial charge in [-0.2, -0.15) is 0 Å². The van der Waals surface area contributed by atoms with Gasteiger partial charge in [0.15, 0.2) is 17.5 Å². The first-order chi connectivity index (χ1) is 9.93. The van der Waals surface area contributed by atoms with Gasteiger partial charge < -0.3 is 5.32 Å². The van der Waals surface area contributed by atoms with Crippen LogP contribution in [0.5, 0.6) is 0 Å². The molecule has 0 amide bonds. The highest BCUT2D eigenvalue weighted by molar-refractivity contribution is 6.30. The first kappa shape index (κ1) is 15.8. The standard InChI is InChI=1S/C15H12ClF4N/c1-21-13(7-8-2-4-10(16)12(18)6-8)9-3-5-11(17)15(20)14(9)19/h2-6,13,21H,7H2,1H3. The Kier molecular flexibility index (Phi) is 4.85. The number of hydrogen-bond donors (Lipinski definition) is 1. The lowest BCUT2D eigenvalue weighted by molar-refractivity contribution is 0.428. The highest BCUT2D eigenvalue weighted by atomic mass is 35.5. The Morgan fingerprint density at radius 1 is 1.00 bits per heavy atom. The number of rotatable bonds is 4. The van der Waals surface area contributed by atoms with Crippen LogP contribution in [0.2, 0.25) is 5.02 Å². The highest BCUT2D eigenvalue weighted by Gasteiger charge is 2.20. The van der Waals surface area contributed by atoms with Gasteiger partial charge in [0.2, 0.25) is 0 Å². The minimum absolute atomic E-state index is 0.0150. The molecule has 1 atom stereocenters. The summed E-state index contributed by atoms with van der Waals surface area (Å²) in [5.41, 5.74) is 0.534. The first-order valence-corrected chi connectivity index (χ1v) is 6.56. The maximum atomic E-state index is 13.8. The van der Waals surface area contributed by atoms with Gasteiger partial charge in [-0.25, -0.2) is 17.6 Å². The van der Waals surface area contributed by atoms with Gasteiger partial charge in [0.05, 0.1) is 5.02 Å². The van der Waals surface area contributed by atoms with E-state index < -0.39 is 29.3 Å². The van der Waals surface area contributed by atoms with Gasteiger partial charge in [0, 0.05) is 11.6 Å². The van der Waals surface area contributed by atoms with E-state index in [1.54, 1.807) is 13.1 Å². The van der Waals surface area contributed by atoms with Crippen molar-refractivity contribution < 1.29 is 17.6 Å². The smallest absolute Gasteiger partial charge is 0.194 e. The number of likely N-dealkylation sites (N-methyl/N-ethyl adjacent to an activating group) is 1. The van der Waals surface area contributed by atoms with Crippen molar-refractivity contribution in [1.82, 2.24) is 5.32 Å². The molecule has 0 fully saturated rings. The van der Waals surface area contributed by atoms with Gasteiger partial charge in [-0.05, 0) is 37.2 Å². The summed E-state index contributed by atoms with van der Waals surface area (Å²) in [6, 6.07) is 5.61. The lowest BCUT2D eigenvalue weighted by Crippen LogP contribution is -2.21. The van der Waals surface area contributed by atoms with E-state index in [4.69, 9.17) is 11.6 Å². The zero-order valence-electron chi connectivity index (χ0n) is 11.1. The molecule has 0 heterocycles. The fraction of sp³-hybridized carbons (Fsp3) is 0.200. The quantitative estimate of drug-likeness (QED) is 0.651. The van der Waals surface area contributed by atoms with Gasteiger partial charge in [-0.1, -0.05) is 23.7 Å². The maximum Gasteiger partial charge on any atom is 0.194 e. The molecule has 0 aliphatic carbocycles. The third-order valence-corrected chi connectivity index (χ3v) is 3.52. The van der Waals surface area contributed by atoms with Crippen LogP contribution in [0.25, 0.3) is 0 Å². The largest absolute Gasteiger partial charge is 0.313 e. The van der Waals surface area contributed by atoms with Gasteiger partial charge in [-0.3, -0.25) is 0 Å². The van der Waals surface area contributed by atoms with Crippen molar-refractivity contribution in [1.29, 1.82) is 0 Å². The van der Waals surface area contributed by atoms with Gasteiger partial charge in [0.25, 0.3) is 0 Å². The molecule has 0 saturated heterocycles. The SMILES string of the molecule is CNC(Cc1ccc(Cl)c(F)c1)c1ccc(F)c(F)c1F. The van der Waals surface area contributed by atoms with Crippen LogP contribution in [0, 0.1) is 23.3 Å². The lowest BCUT2D eigenvalue weighted by Gasteiger charge is -2.18. The van der Waals surface area contributed by atoms with E-state index in [-0.39, 0.29) is 17.0 Å². The van der Waals surface area contributed by atoms with E-state index in [2.05, 4.69) is 5.32 Å². The average Bonchev–Trinajstić information content (AvgIpc) is 2.47. The summed E-state index contributed by atoms with van der Waals surface area (Å²) in [5, 5.41) is 2.79. The van der Waals surface area contributed by atoms with Crippen LogP contribution in [0.3, 0.4) is 0 Å². The van der Waals surface area contributed by atoms with E-state index >= 15 is 0 Å². The van der Waals surface area contributed by atoms with Crippen LogP contribution < -0.4 is 5.32 Å². The normalized spacial score (nSPS) is 12.5. The minimum atomic E-state index is -1.52. The van der Waals surface area contributed by atoms with Gasteiger partial charge >= 0.3 is 0 Å². The van der Waals surface area contributed by atoms with E-state index in [0.717, 1.165) is 6.07 Å². The van der Waals surface area contributed by atoms with Crippen LogP contribution in [0.15, 0.2) is 30.3 Å². The molecule has 2 aromatic rings. The molecule has 0 bridgehead atoms.